The molecule has 0 radical (unpaired) electrons. The molecule has 2 N–H and O–H groups in total. The van der Waals surface area contributed by atoms with Crippen LogP contribution in [0.15, 0.2) is 18.5 Å². The fraction of sp³-hybridized carbons (Fsp3) is 0. The van der Waals surface area contributed by atoms with E-state index in [2.05, 4.69) is 0 Å². The molecule has 0 aliphatic rings. The lowest BCUT2D eigenvalue weighted by Crippen LogP contribution is -2.18. The number of hydrogen-bond donors (Lipinski definition) is 2. The van der Waals surface area contributed by atoms with Crippen LogP contribution in [-0.4, -0.2) is 15.9 Å². The molecule has 5 heteroatoms. The van der Waals surface area contributed by atoms with E-state index in [1.165, 1.54) is 23.1 Å². The van der Waals surface area contributed by atoms with E-state index in [1.54, 1.807) is 0 Å². The number of nitriles is 1. The minimum atomic E-state index is -1.16. The van der Waals surface area contributed by atoms with Crippen molar-refractivity contribution in [1.82, 2.24) is 4.68 Å². The molecule has 1 heterocycles. The molecule has 0 aromatic carbocycles. The van der Waals surface area contributed by atoms with E-state index in [1.807, 2.05) is 11.5 Å². The van der Waals surface area contributed by atoms with Gasteiger partial charge in [-0.05, 0) is 6.07 Å². The summed E-state index contributed by atoms with van der Waals surface area (Å²) in [7, 11) is 0. The zero-order valence-corrected chi connectivity index (χ0v) is 5.48. The van der Waals surface area contributed by atoms with Crippen molar-refractivity contribution >= 4 is 6.09 Å². The Morgan fingerprint density at radius 2 is 2.55 bits per heavy atom. The summed E-state index contributed by atoms with van der Waals surface area (Å²) in [6.07, 6.45) is 1.67. The summed E-state index contributed by atoms with van der Waals surface area (Å²) in [4.78, 5) is 10.1. The molecule has 1 rings (SSSR count). The third-order valence-electron chi connectivity index (χ3n) is 1.05. The lowest BCUT2D eigenvalue weighted by atomic mass is 10.4. The number of aromatic nitrogens is 1. The molecule has 11 heavy (non-hydrogen) atoms. The van der Waals surface area contributed by atoms with Crippen molar-refractivity contribution in [2.24, 2.45) is 0 Å². The number of carbonyl (C=O) groups is 1. The maximum Gasteiger partial charge on any atom is 0.423 e. The Bertz CT molecular complexity index is 310. The summed E-state index contributed by atoms with van der Waals surface area (Å²) in [6, 6.07) is 3.38. The molecule has 1 aromatic heterocycles. The van der Waals surface area contributed by atoms with Crippen LogP contribution in [0.5, 0.6) is 0 Å². The van der Waals surface area contributed by atoms with Crippen molar-refractivity contribution in [3.63, 3.8) is 0 Å². The molecule has 56 valence electrons. The SMILES string of the molecule is N#Cc1ccn(NC(=O)O)c1. The molecule has 0 unspecified atom stereocenters. The highest BCUT2D eigenvalue weighted by Crippen LogP contribution is 1.95. The van der Waals surface area contributed by atoms with Crippen molar-refractivity contribution in [2.75, 3.05) is 5.43 Å². The highest BCUT2D eigenvalue weighted by Gasteiger charge is 1.96. The first kappa shape index (κ1) is 7.15. The number of rotatable bonds is 1. The Labute approximate surface area is 62.4 Å². The molecule has 1 amide bonds. The first-order chi connectivity index (χ1) is 5.22. The smallest absolute Gasteiger partial charge is 0.423 e. The van der Waals surface area contributed by atoms with Crippen LogP contribution in [-0.2, 0) is 0 Å². The van der Waals surface area contributed by atoms with Crippen molar-refractivity contribution in [2.45, 2.75) is 0 Å². The van der Waals surface area contributed by atoms with Crippen molar-refractivity contribution in [1.29, 1.82) is 5.26 Å². The molecular weight excluding hydrogens is 146 g/mol. The fourth-order valence-corrected chi connectivity index (χ4v) is 0.643. The molecule has 0 bridgehead atoms. The van der Waals surface area contributed by atoms with Crippen LogP contribution in [0, 0.1) is 11.3 Å². The molecule has 0 fully saturated rings. The second-order valence-corrected chi connectivity index (χ2v) is 1.84. The second-order valence-electron chi connectivity index (χ2n) is 1.84. The van der Waals surface area contributed by atoms with Crippen molar-refractivity contribution < 1.29 is 9.90 Å². The van der Waals surface area contributed by atoms with Gasteiger partial charge in [-0.3, -0.25) is 4.68 Å². The predicted molar refractivity (Wildman–Crippen MR) is 36.5 cm³/mol. The quantitative estimate of drug-likeness (QED) is 0.616. The van der Waals surface area contributed by atoms with Gasteiger partial charge in [-0.1, -0.05) is 0 Å². The van der Waals surface area contributed by atoms with Crippen molar-refractivity contribution in [3.8, 4) is 6.07 Å². The van der Waals surface area contributed by atoms with Gasteiger partial charge >= 0.3 is 6.09 Å². The largest absolute Gasteiger partial charge is 0.464 e. The Morgan fingerprint density at radius 3 is 3.00 bits per heavy atom. The number of nitrogens with one attached hydrogen (secondary N) is 1. The van der Waals surface area contributed by atoms with Crippen LogP contribution in [0.3, 0.4) is 0 Å². The van der Waals surface area contributed by atoms with Gasteiger partial charge in [0.15, 0.2) is 0 Å². The van der Waals surface area contributed by atoms with Gasteiger partial charge < -0.3 is 5.11 Å². The van der Waals surface area contributed by atoms with Gasteiger partial charge in [-0.15, -0.1) is 0 Å². The summed E-state index contributed by atoms with van der Waals surface area (Å²) in [5.41, 5.74) is 2.46. The van der Waals surface area contributed by atoms with E-state index in [0.717, 1.165) is 0 Å². The van der Waals surface area contributed by atoms with Gasteiger partial charge in [-0.25, -0.2) is 10.2 Å². The molecule has 0 saturated carbocycles. The van der Waals surface area contributed by atoms with Crippen LogP contribution >= 0.6 is 0 Å². The fourth-order valence-electron chi connectivity index (χ4n) is 0.643. The van der Waals surface area contributed by atoms with E-state index in [0.29, 0.717) is 5.56 Å². The average Bonchev–Trinajstić information content (AvgIpc) is 2.34. The second kappa shape index (κ2) is 2.75. The lowest BCUT2D eigenvalue weighted by Gasteiger charge is -1.97. The van der Waals surface area contributed by atoms with E-state index in [4.69, 9.17) is 10.4 Å². The molecular formula is C6H5N3O2. The topological polar surface area (TPSA) is 78.0 Å². The highest BCUT2D eigenvalue weighted by atomic mass is 16.4. The Morgan fingerprint density at radius 1 is 1.82 bits per heavy atom. The number of amides is 1. The maximum atomic E-state index is 10.1. The predicted octanol–water partition coefficient (Wildman–Crippen LogP) is 0.581. The highest BCUT2D eigenvalue weighted by molar-refractivity contribution is 5.73. The summed E-state index contributed by atoms with van der Waals surface area (Å²) >= 11 is 0. The Balaban J connectivity index is 2.75. The van der Waals surface area contributed by atoms with E-state index < -0.39 is 6.09 Å². The Kier molecular flexibility index (Phi) is 1.79. The number of carboxylic acid groups (broad SMARTS) is 1. The summed E-state index contributed by atoms with van der Waals surface area (Å²) in [5.74, 6) is 0. The molecule has 0 spiro atoms. The molecule has 5 nitrogen and oxygen atoms in total. The van der Waals surface area contributed by atoms with Gasteiger partial charge in [-0.2, -0.15) is 5.26 Å². The zero-order valence-electron chi connectivity index (χ0n) is 5.48. The third-order valence-corrected chi connectivity index (χ3v) is 1.05. The Hall–Kier alpha value is -1.96. The molecule has 0 aliphatic heterocycles. The van der Waals surface area contributed by atoms with Gasteiger partial charge in [0.2, 0.25) is 0 Å². The minimum absolute atomic E-state index is 0.416. The lowest BCUT2D eigenvalue weighted by molar-refractivity contribution is 0.206. The first-order valence-electron chi connectivity index (χ1n) is 2.80. The van der Waals surface area contributed by atoms with Gasteiger partial charge in [0, 0.05) is 12.4 Å². The van der Waals surface area contributed by atoms with E-state index in [9.17, 15) is 4.79 Å². The minimum Gasteiger partial charge on any atom is -0.464 e. The standard InChI is InChI=1S/C6H5N3O2/c7-3-5-1-2-9(4-5)8-6(10)11/h1-2,4,8H,(H,10,11). The van der Waals surface area contributed by atoms with Crippen LogP contribution in [0.4, 0.5) is 4.79 Å². The van der Waals surface area contributed by atoms with E-state index >= 15 is 0 Å². The normalized spacial score (nSPS) is 8.64. The maximum absolute atomic E-state index is 10.1. The zero-order chi connectivity index (χ0) is 8.27. The number of nitrogens with zero attached hydrogens (tertiary/aromatic N) is 2. The van der Waals surface area contributed by atoms with Gasteiger partial charge in [0.05, 0.1) is 5.56 Å². The van der Waals surface area contributed by atoms with E-state index in [-0.39, 0.29) is 0 Å². The number of hydrogen-bond acceptors (Lipinski definition) is 2. The summed E-state index contributed by atoms with van der Waals surface area (Å²) < 4.78 is 1.20. The third kappa shape index (κ3) is 1.72. The molecule has 0 saturated heterocycles. The summed E-state index contributed by atoms with van der Waals surface area (Å²) in [6.45, 7) is 0. The van der Waals surface area contributed by atoms with Crippen LogP contribution in [0.1, 0.15) is 5.56 Å². The van der Waals surface area contributed by atoms with Crippen LogP contribution < -0.4 is 5.43 Å². The first-order valence-corrected chi connectivity index (χ1v) is 2.80. The molecule has 0 aliphatic carbocycles. The monoisotopic (exact) mass is 151 g/mol. The van der Waals surface area contributed by atoms with Gasteiger partial charge in [0.25, 0.3) is 0 Å². The molecule has 0 atom stereocenters. The molecule has 1 aromatic rings. The van der Waals surface area contributed by atoms with Crippen LogP contribution in [0.25, 0.3) is 0 Å². The average molecular weight is 151 g/mol. The van der Waals surface area contributed by atoms with Crippen molar-refractivity contribution in [3.05, 3.63) is 24.0 Å². The van der Waals surface area contributed by atoms with Gasteiger partial charge in [0.1, 0.15) is 6.07 Å². The summed E-state index contributed by atoms with van der Waals surface area (Å²) in [5, 5.41) is 16.6. The van der Waals surface area contributed by atoms with Crippen LogP contribution in [0.2, 0.25) is 0 Å².